The van der Waals surface area contributed by atoms with E-state index in [1.54, 1.807) is 17.6 Å². The lowest BCUT2D eigenvalue weighted by molar-refractivity contribution is 0.518. The maximum Gasteiger partial charge on any atom is 0.206 e. The number of hydrogen-bond donors (Lipinski definition) is 1. The molecule has 0 unspecified atom stereocenters. The van der Waals surface area contributed by atoms with E-state index in [1.807, 2.05) is 12.1 Å². The topological polar surface area (TPSA) is 51.0 Å². The monoisotopic (exact) mass is 209 g/mol. The van der Waals surface area contributed by atoms with Crippen LogP contribution in [-0.4, -0.2) is 10.2 Å². The van der Waals surface area contributed by atoms with Crippen molar-refractivity contribution >= 4 is 16.5 Å². The largest absolute Gasteiger partial charge is 0.467 e. The summed E-state index contributed by atoms with van der Waals surface area (Å²) >= 11 is 1.58. The highest BCUT2D eigenvalue weighted by Gasteiger charge is 2.02. The van der Waals surface area contributed by atoms with Gasteiger partial charge >= 0.3 is 0 Å². The number of hydrogen-bond acceptors (Lipinski definition) is 5. The predicted octanol–water partition coefficient (Wildman–Crippen LogP) is 2.31. The van der Waals surface area contributed by atoms with Gasteiger partial charge in [0.25, 0.3) is 0 Å². The first-order valence-corrected chi connectivity index (χ1v) is 5.28. The second kappa shape index (κ2) is 4.23. The second-order valence-corrected chi connectivity index (χ2v) is 3.85. The van der Waals surface area contributed by atoms with E-state index in [0.717, 1.165) is 22.3 Å². The van der Waals surface area contributed by atoms with Crippen LogP contribution in [0.3, 0.4) is 0 Å². The van der Waals surface area contributed by atoms with E-state index in [2.05, 4.69) is 22.4 Å². The van der Waals surface area contributed by atoms with Crippen LogP contribution in [0.2, 0.25) is 0 Å². The Morgan fingerprint density at radius 3 is 3.07 bits per heavy atom. The Bertz CT molecular complexity index is 382. The van der Waals surface area contributed by atoms with Crippen molar-refractivity contribution in [3.63, 3.8) is 0 Å². The fourth-order valence-electron chi connectivity index (χ4n) is 1.04. The van der Waals surface area contributed by atoms with Crippen molar-refractivity contribution in [2.24, 2.45) is 0 Å². The molecule has 0 aliphatic carbocycles. The molecule has 2 rings (SSSR count). The number of rotatable bonds is 4. The van der Waals surface area contributed by atoms with Crippen LogP contribution < -0.4 is 5.32 Å². The fourth-order valence-corrected chi connectivity index (χ4v) is 1.72. The number of aryl methyl sites for hydroxylation is 1. The summed E-state index contributed by atoms with van der Waals surface area (Å²) in [6.45, 7) is 2.72. The van der Waals surface area contributed by atoms with Crippen molar-refractivity contribution in [1.82, 2.24) is 10.2 Å². The molecule has 0 fully saturated rings. The Hall–Kier alpha value is -1.36. The first-order chi connectivity index (χ1) is 6.88. The number of nitrogens with one attached hydrogen (secondary N) is 1. The van der Waals surface area contributed by atoms with E-state index in [0.29, 0.717) is 6.54 Å². The Balaban J connectivity index is 1.92. The van der Waals surface area contributed by atoms with Crippen molar-refractivity contribution in [2.45, 2.75) is 19.9 Å². The molecule has 0 amide bonds. The SMILES string of the molecule is CCc1nnc(NCc2ccco2)s1. The third-order valence-electron chi connectivity index (χ3n) is 1.76. The van der Waals surface area contributed by atoms with Gasteiger partial charge in [0.2, 0.25) is 5.13 Å². The molecule has 0 radical (unpaired) electrons. The quantitative estimate of drug-likeness (QED) is 0.839. The lowest BCUT2D eigenvalue weighted by Gasteiger charge is -1.96. The van der Waals surface area contributed by atoms with Crippen LogP contribution in [0, 0.1) is 0 Å². The van der Waals surface area contributed by atoms with E-state index >= 15 is 0 Å². The smallest absolute Gasteiger partial charge is 0.206 e. The molecule has 14 heavy (non-hydrogen) atoms. The van der Waals surface area contributed by atoms with Crippen LogP contribution in [0.4, 0.5) is 5.13 Å². The van der Waals surface area contributed by atoms with Gasteiger partial charge in [0.15, 0.2) is 0 Å². The van der Waals surface area contributed by atoms with Gasteiger partial charge in [0, 0.05) is 0 Å². The minimum Gasteiger partial charge on any atom is -0.467 e. The first-order valence-electron chi connectivity index (χ1n) is 4.47. The second-order valence-electron chi connectivity index (χ2n) is 2.79. The van der Waals surface area contributed by atoms with E-state index < -0.39 is 0 Å². The van der Waals surface area contributed by atoms with Crippen LogP contribution in [0.1, 0.15) is 17.7 Å². The number of furan rings is 1. The Labute approximate surface area is 86.0 Å². The molecule has 2 aromatic heterocycles. The fraction of sp³-hybridized carbons (Fsp3) is 0.333. The third kappa shape index (κ3) is 2.11. The molecule has 0 aliphatic heterocycles. The lowest BCUT2D eigenvalue weighted by Crippen LogP contribution is -1.96. The van der Waals surface area contributed by atoms with Crippen molar-refractivity contribution in [3.8, 4) is 0 Å². The van der Waals surface area contributed by atoms with Crippen molar-refractivity contribution < 1.29 is 4.42 Å². The molecular weight excluding hydrogens is 198 g/mol. The summed E-state index contributed by atoms with van der Waals surface area (Å²) in [5, 5.41) is 13.1. The number of aromatic nitrogens is 2. The Morgan fingerprint density at radius 1 is 1.50 bits per heavy atom. The van der Waals surface area contributed by atoms with Crippen molar-refractivity contribution in [3.05, 3.63) is 29.2 Å². The Kier molecular flexibility index (Phi) is 2.78. The third-order valence-corrected chi connectivity index (χ3v) is 2.79. The first kappa shape index (κ1) is 9.21. The van der Waals surface area contributed by atoms with Gasteiger partial charge in [-0.2, -0.15) is 0 Å². The number of nitrogens with zero attached hydrogens (tertiary/aromatic N) is 2. The molecule has 74 valence electrons. The van der Waals surface area contributed by atoms with Gasteiger partial charge in [-0.15, -0.1) is 10.2 Å². The molecule has 0 aliphatic rings. The number of anilines is 1. The van der Waals surface area contributed by atoms with Crippen LogP contribution in [0.25, 0.3) is 0 Å². The molecule has 0 atom stereocenters. The average Bonchev–Trinajstić information content (AvgIpc) is 2.86. The van der Waals surface area contributed by atoms with Gasteiger partial charge in [-0.05, 0) is 18.6 Å². The van der Waals surface area contributed by atoms with E-state index in [1.165, 1.54) is 0 Å². The average molecular weight is 209 g/mol. The molecule has 2 heterocycles. The molecule has 0 bridgehead atoms. The van der Waals surface area contributed by atoms with Crippen LogP contribution in [0.5, 0.6) is 0 Å². The van der Waals surface area contributed by atoms with E-state index in [4.69, 9.17) is 4.42 Å². The molecule has 2 aromatic rings. The maximum atomic E-state index is 5.18. The molecule has 0 saturated heterocycles. The zero-order valence-corrected chi connectivity index (χ0v) is 8.67. The standard InChI is InChI=1S/C9H11N3OS/c1-2-8-11-12-9(14-8)10-6-7-4-3-5-13-7/h3-5H,2,6H2,1H3,(H,10,12). The molecular formula is C9H11N3OS. The van der Waals surface area contributed by atoms with Gasteiger partial charge in [0.1, 0.15) is 10.8 Å². The zero-order chi connectivity index (χ0) is 9.80. The molecule has 0 aromatic carbocycles. The van der Waals surface area contributed by atoms with Gasteiger partial charge in [0.05, 0.1) is 12.8 Å². The van der Waals surface area contributed by atoms with Crippen LogP contribution >= 0.6 is 11.3 Å². The molecule has 0 spiro atoms. The molecule has 5 heteroatoms. The predicted molar refractivity (Wildman–Crippen MR) is 55.3 cm³/mol. The van der Waals surface area contributed by atoms with E-state index in [9.17, 15) is 0 Å². The summed E-state index contributed by atoms with van der Waals surface area (Å²) in [5.74, 6) is 0.901. The summed E-state index contributed by atoms with van der Waals surface area (Å²) in [5.41, 5.74) is 0. The zero-order valence-electron chi connectivity index (χ0n) is 7.86. The van der Waals surface area contributed by atoms with Gasteiger partial charge in [-0.3, -0.25) is 0 Å². The molecule has 1 N–H and O–H groups in total. The summed E-state index contributed by atoms with van der Waals surface area (Å²) in [6, 6.07) is 3.79. The highest BCUT2D eigenvalue weighted by molar-refractivity contribution is 7.15. The minimum atomic E-state index is 0.658. The normalized spacial score (nSPS) is 10.4. The van der Waals surface area contributed by atoms with Gasteiger partial charge in [-0.1, -0.05) is 18.3 Å². The highest BCUT2D eigenvalue weighted by atomic mass is 32.1. The molecule has 4 nitrogen and oxygen atoms in total. The van der Waals surface area contributed by atoms with E-state index in [-0.39, 0.29) is 0 Å². The summed E-state index contributed by atoms with van der Waals surface area (Å²) in [7, 11) is 0. The van der Waals surface area contributed by atoms with Gasteiger partial charge in [-0.25, -0.2) is 0 Å². The van der Waals surface area contributed by atoms with Crippen molar-refractivity contribution in [1.29, 1.82) is 0 Å². The Morgan fingerprint density at radius 2 is 2.43 bits per heavy atom. The highest BCUT2D eigenvalue weighted by Crippen LogP contribution is 2.16. The molecule has 0 saturated carbocycles. The van der Waals surface area contributed by atoms with Crippen LogP contribution in [0.15, 0.2) is 22.8 Å². The summed E-state index contributed by atoms with van der Waals surface area (Å²) < 4.78 is 5.18. The summed E-state index contributed by atoms with van der Waals surface area (Å²) in [4.78, 5) is 0. The maximum absolute atomic E-state index is 5.18. The lowest BCUT2D eigenvalue weighted by atomic mass is 10.4. The minimum absolute atomic E-state index is 0.658. The van der Waals surface area contributed by atoms with Gasteiger partial charge < -0.3 is 9.73 Å². The van der Waals surface area contributed by atoms with Crippen molar-refractivity contribution in [2.75, 3.05) is 5.32 Å². The van der Waals surface area contributed by atoms with Crippen LogP contribution in [-0.2, 0) is 13.0 Å². The summed E-state index contributed by atoms with van der Waals surface area (Å²) in [6.07, 6.45) is 2.59.